The lowest BCUT2D eigenvalue weighted by Crippen LogP contribution is -2.36. The number of aryl methyl sites for hydroxylation is 2. The molecule has 1 rings (SSSR count). The summed E-state index contributed by atoms with van der Waals surface area (Å²) >= 11 is 0. The first kappa shape index (κ1) is 12.9. The molecule has 0 aromatic heterocycles. The molecule has 1 aromatic carbocycles. The Hall–Kier alpha value is -1.20. The highest BCUT2D eigenvalue weighted by molar-refractivity contribution is 5.43. The summed E-state index contributed by atoms with van der Waals surface area (Å²) in [5.41, 5.74) is 6.55. The summed E-state index contributed by atoms with van der Waals surface area (Å²) in [4.78, 5) is 0. The van der Waals surface area contributed by atoms with Crippen molar-refractivity contribution in [1.82, 2.24) is 0 Å². The first-order valence-corrected chi connectivity index (χ1v) is 4.84. The molecule has 16 heavy (non-hydrogen) atoms. The van der Waals surface area contributed by atoms with Crippen LogP contribution in [0.3, 0.4) is 0 Å². The van der Waals surface area contributed by atoms with E-state index < -0.39 is 18.6 Å². The fourth-order valence-corrected chi connectivity index (χ4v) is 1.51. The van der Waals surface area contributed by atoms with E-state index in [1.165, 1.54) is 12.1 Å². The highest BCUT2D eigenvalue weighted by Gasteiger charge is 2.37. The number of phenolic OH excluding ortho intramolecular Hbond substituents is 1. The smallest absolute Gasteiger partial charge is 0.289 e. The average Bonchev–Trinajstić information content (AvgIpc) is 2.24. The Morgan fingerprint density at radius 1 is 1.31 bits per heavy atom. The van der Waals surface area contributed by atoms with Gasteiger partial charge in [0.25, 0.3) is 5.92 Å². The molecule has 4 N–H and O–H groups in total. The van der Waals surface area contributed by atoms with E-state index in [0.29, 0.717) is 11.1 Å². The number of aliphatic hydroxyl groups excluding tert-OH is 1. The van der Waals surface area contributed by atoms with E-state index >= 15 is 0 Å². The van der Waals surface area contributed by atoms with Gasteiger partial charge < -0.3 is 15.9 Å². The second-order valence-electron chi connectivity index (χ2n) is 3.90. The van der Waals surface area contributed by atoms with Crippen molar-refractivity contribution in [2.45, 2.75) is 25.8 Å². The molecular weight excluding hydrogens is 216 g/mol. The molecule has 0 heterocycles. The Morgan fingerprint density at radius 2 is 1.75 bits per heavy atom. The Balaban J connectivity index is 3.15. The third-order valence-corrected chi connectivity index (χ3v) is 2.54. The quantitative estimate of drug-likeness (QED) is 0.740. The van der Waals surface area contributed by atoms with Gasteiger partial charge in [0.1, 0.15) is 12.4 Å². The number of phenols is 1. The van der Waals surface area contributed by atoms with Crippen LogP contribution >= 0.6 is 0 Å². The van der Waals surface area contributed by atoms with Crippen LogP contribution in [0.25, 0.3) is 0 Å². The van der Waals surface area contributed by atoms with E-state index in [4.69, 9.17) is 10.8 Å². The molecule has 1 aromatic rings. The molecule has 90 valence electrons. The van der Waals surface area contributed by atoms with Crippen LogP contribution in [-0.2, 0) is 0 Å². The summed E-state index contributed by atoms with van der Waals surface area (Å²) in [5.74, 6) is -3.29. The lowest BCUT2D eigenvalue weighted by molar-refractivity contribution is -0.0712. The summed E-state index contributed by atoms with van der Waals surface area (Å²) in [6.07, 6.45) is 0. The number of hydrogen-bond acceptors (Lipinski definition) is 3. The molecule has 0 aliphatic heterocycles. The highest BCUT2D eigenvalue weighted by atomic mass is 19.3. The van der Waals surface area contributed by atoms with Crippen molar-refractivity contribution in [3.63, 3.8) is 0 Å². The van der Waals surface area contributed by atoms with Crippen LogP contribution in [-0.4, -0.2) is 22.7 Å². The van der Waals surface area contributed by atoms with Crippen LogP contribution in [0.5, 0.6) is 5.75 Å². The number of aromatic hydroxyl groups is 1. The number of aliphatic hydroxyl groups is 1. The van der Waals surface area contributed by atoms with Gasteiger partial charge in [-0.25, -0.2) is 8.78 Å². The average molecular weight is 231 g/mol. The minimum atomic E-state index is -3.37. The van der Waals surface area contributed by atoms with Crippen LogP contribution < -0.4 is 5.73 Å². The standard InChI is InChI=1S/C11H15F2NO2/c1-6-3-8(4-7(2)9(6)16)10(14)11(12,13)5-15/h3-4,10,15-16H,5,14H2,1-2H3/t10-/m1/s1. The van der Waals surface area contributed by atoms with Gasteiger partial charge in [-0.15, -0.1) is 0 Å². The minimum absolute atomic E-state index is 0.0725. The molecule has 0 amide bonds. The number of hydrogen-bond donors (Lipinski definition) is 3. The topological polar surface area (TPSA) is 66.5 Å². The highest BCUT2D eigenvalue weighted by Crippen LogP contribution is 2.32. The van der Waals surface area contributed by atoms with Gasteiger partial charge in [0.2, 0.25) is 0 Å². The Labute approximate surface area is 92.5 Å². The molecule has 0 saturated heterocycles. The molecule has 0 fully saturated rings. The van der Waals surface area contributed by atoms with Gasteiger partial charge >= 0.3 is 0 Å². The summed E-state index contributed by atoms with van der Waals surface area (Å²) in [6, 6.07) is 1.23. The zero-order valence-electron chi connectivity index (χ0n) is 9.17. The number of halogens is 2. The van der Waals surface area contributed by atoms with Gasteiger partial charge in [0.15, 0.2) is 0 Å². The predicted molar refractivity (Wildman–Crippen MR) is 56.5 cm³/mol. The van der Waals surface area contributed by atoms with Crippen molar-refractivity contribution < 1.29 is 19.0 Å². The lowest BCUT2D eigenvalue weighted by Gasteiger charge is -2.22. The van der Waals surface area contributed by atoms with Crippen molar-refractivity contribution in [2.24, 2.45) is 5.73 Å². The largest absolute Gasteiger partial charge is 0.507 e. The normalized spacial score (nSPS) is 13.9. The molecule has 0 spiro atoms. The van der Waals surface area contributed by atoms with Gasteiger partial charge in [-0.1, -0.05) is 12.1 Å². The Morgan fingerprint density at radius 3 is 2.12 bits per heavy atom. The monoisotopic (exact) mass is 231 g/mol. The zero-order valence-corrected chi connectivity index (χ0v) is 9.17. The van der Waals surface area contributed by atoms with E-state index in [2.05, 4.69) is 0 Å². The van der Waals surface area contributed by atoms with Gasteiger partial charge in [0, 0.05) is 0 Å². The van der Waals surface area contributed by atoms with Gasteiger partial charge in [0.05, 0.1) is 6.04 Å². The van der Waals surface area contributed by atoms with Crippen molar-refractivity contribution in [1.29, 1.82) is 0 Å². The number of nitrogens with two attached hydrogens (primary N) is 1. The van der Waals surface area contributed by atoms with Crippen molar-refractivity contribution in [3.05, 3.63) is 28.8 Å². The van der Waals surface area contributed by atoms with Crippen molar-refractivity contribution in [3.8, 4) is 5.75 Å². The van der Waals surface area contributed by atoms with Crippen LogP contribution in [0, 0.1) is 13.8 Å². The molecule has 0 saturated carbocycles. The molecule has 3 nitrogen and oxygen atoms in total. The van der Waals surface area contributed by atoms with E-state index in [1.807, 2.05) is 0 Å². The molecule has 0 aliphatic carbocycles. The van der Waals surface area contributed by atoms with Crippen LogP contribution in [0.2, 0.25) is 0 Å². The second-order valence-corrected chi connectivity index (χ2v) is 3.90. The second kappa shape index (κ2) is 4.35. The zero-order chi connectivity index (χ0) is 12.5. The number of alkyl halides is 2. The SMILES string of the molecule is Cc1cc([C@@H](N)C(F)(F)CO)cc(C)c1O. The predicted octanol–water partition coefficient (Wildman–Crippen LogP) is 1.64. The van der Waals surface area contributed by atoms with Crippen LogP contribution in [0.1, 0.15) is 22.7 Å². The maximum Gasteiger partial charge on any atom is 0.289 e. The minimum Gasteiger partial charge on any atom is -0.507 e. The molecule has 0 radical (unpaired) electrons. The van der Waals surface area contributed by atoms with E-state index in [0.717, 1.165) is 0 Å². The van der Waals surface area contributed by atoms with Crippen molar-refractivity contribution in [2.75, 3.05) is 6.61 Å². The summed E-state index contributed by atoms with van der Waals surface area (Å²) < 4.78 is 26.3. The maximum absolute atomic E-state index is 13.2. The van der Waals surface area contributed by atoms with Gasteiger partial charge in [-0.3, -0.25) is 0 Å². The van der Waals surface area contributed by atoms with Gasteiger partial charge in [-0.05, 0) is 30.5 Å². The van der Waals surface area contributed by atoms with Crippen LogP contribution in [0.15, 0.2) is 12.1 Å². The first-order valence-electron chi connectivity index (χ1n) is 4.84. The molecule has 0 aliphatic rings. The Bertz CT molecular complexity index is 371. The summed E-state index contributed by atoms with van der Waals surface area (Å²) in [5, 5.41) is 18.0. The Kier molecular flexibility index (Phi) is 3.50. The molecule has 0 unspecified atom stereocenters. The molecule has 0 bridgehead atoms. The summed E-state index contributed by atoms with van der Waals surface area (Å²) in [7, 11) is 0. The first-order chi connectivity index (χ1) is 7.29. The maximum atomic E-state index is 13.2. The van der Waals surface area contributed by atoms with Gasteiger partial charge in [-0.2, -0.15) is 0 Å². The third-order valence-electron chi connectivity index (χ3n) is 2.54. The molecule has 1 atom stereocenters. The van der Waals surface area contributed by atoms with E-state index in [-0.39, 0.29) is 11.3 Å². The summed E-state index contributed by atoms with van der Waals surface area (Å²) in [6.45, 7) is 1.92. The lowest BCUT2D eigenvalue weighted by atomic mass is 9.97. The molecular formula is C11H15F2NO2. The van der Waals surface area contributed by atoms with Crippen LogP contribution in [0.4, 0.5) is 8.78 Å². The number of benzene rings is 1. The fraction of sp³-hybridized carbons (Fsp3) is 0.455. The van der Waals surface area contributed by atoms with E-state index in [9.17, 15) is 13.9 Å². The molecule has 5 heteroatoms. The van der Waals surface area contributed by atoms with E-state index in [1.54, 1.807) is 13.8 Å². The number of rotatable bonds is 3. The third kappa shape index (κ3) is 2.31. The fourth-order valence-electron chi connectivity index (χ4n) is 1.51. The van der Waals surface area contributed by atoms with Crippen molar-refractivity contribution >= 4 is 0 Å².